The predicted molar refractivity (Wildman–Crippen MR) is 63.9 cm³/mol. The van der Waals surface area contributed by atoms with Crippen molar-refractivity contribution in [1.29, 1.82) is 0 Å². The lowest BCUT2D eigenvalue weighted by atomic mass is 9.94. The van der Waals surface area contributed by atoms with Crippen molar-refractivity contribution in [2.24, 2.45) is 0 Å². The molecule has 1 aliphatic heterocycles. The molecule has 1 aliphatic rings. The number of hydrogen-bond acceptors (Lipinski definition) is 6. The number of aliphatic hydroxyl groups excluding tert-OH is 2. The summed E-state index contributed by atoms with van der Waals surface area (Å²) in [5.41, 5.74) is -3.61. The molecule has 1 unspecified atom stereocenters. The minimum atomic E-state index is -3.09. The van der Waals surface area contributed by atoms with Gasteiger partial charge in [0.2, 0.25) is 0 Å². The zero-order chi connectivity index (χ0) is 15.1. The summed E-state index contributed by atoms with van der Waals surface area (Å²) < 4.78 is 32.5. The molecule has 0 radical (unpaired) electrons. The van der Waals surface area contributed by atoms with Gasteiger partial charge in [0, 0.05) is 6.20 Å². The van der Waals surface area contributed by atoms with E-state index in [2.05, 4.69) is 9.72 Å². The Kier molecular flexibility index (Phi) is 3.77. The van der Waals surface area contributed by atoms with Crippen LogP contribution in [0.1, 0.15) is 6.23 Å². The summed E-state index contributed by atoms with van der Waals surface area (Å²) in [5.74, 6) is -3.09. The lowest BCUT2D eigenvalue weighted by Gasteiger charge is -2.28. The smallest absolute Gasteiger partial charge is 0.328 e. The summed E-state index contributed by atoms with van der Waals surface area (Å²) in [6.45, 7) is -2.91. The fourth-order valence-corrected chi connectivity index (χ4v) is 2.18. The summed E-state index contributed by atoms with van der Waals surface area (Å²) in [6.07, 6.45) is -3.17. The number of hydrogen-bond donors (Lipinski definition) is 4. The number of nitrogens with one attached hydrogen (secondary N) is 1. The fraction of sp³-hybridized carbons (Fsp3) is 0.600. The topological polar surface area (TPSA) is 108 Å². The maximum atomic E-state index is 14.1. The SMILES string of the molecule is O=c1[nH]c(=S)ccn1[C@@H]1O[C@](F)(CO)C(O)[C@]1(O)CF. The molecule has 0 aliphatic carbocycles. The predicted octanol–water partition coefficient (Wildman–Crippen LogP) is -0.846. The van der Waals surface area contributed by atoms with Crippen molar-refractivity contribution in [3.8, 4) is 0 Å². The molecule has 2 rings (SSSR count). The summed E-state index contributed by atoms with van der Waals surface area (Å²) >= 11 is 4.70. The molecule has 20 heavy (non-hydrogen) atoms. The second kappa shape index (κ2) is 4.97. The molecule has 4 atom stereocenters. The van der Waals surface area contributed by atoms with E-state index < -0.39 is 42.8 Å². The Morgan fingerprint density at radius 1 is 1.60 bits per heavy atom. The van der Waals surface area contributed by atoms with Gasteiger partial charge in [-0.15, -0.1) is 0 Å². The largest absolute Gasteiger partial charge is 0.390 e. The molecule has 2 heterocycles. The highest BCUT2D eigenvalue weighted by Crippen LogP contribution is 2.44. The fourth-order valence-electron chi connectivity index (χ4n) is 2.03. The molecule has 1 saturated heterocycles. The van der Waals surface area contributed by atoms with Crippen molar-refractivity contribution in [3.05, 3.63) is 27.4 Å². The van der Waals surface area contributed by atoms with E-state index in [9.17, 15) is 23.8 Å². The minimum absolute atomic E-state index is 0.0715. The van der Waals surface area contributed by atoms with Crippen LogP contribution in [0.15, 0.2) is 17.1 Å². The number of aliphatic hydroxyl groups is 3. The number of aromatic amines is 1. The van der Waals surface area contributed by atoms with Gasteiger partial charge in [0.1, 0.15) is 17.9 Å². The molecule has 1 aromatic rings. The van der Waals surface area contributed by atoms with E-state index in [1.807, 2.05) is 0 Å². The van der Waals surface area contributed by atoms with Crippen LogP contribution in [-0.2, 0) is 4.74 Å². The summed E-state index contributed by atoms with van der Waals surface area (Å²) in [4.78, 5) is 13.9. The van der Waals surface area contributed by atoms with Gasteiger partial charge in [-0.1, -0.05) is 12.2 Å². The van der Waals surface area contributed by atoms with Gasteiger partial charge >= 0.3 is 5.69 Å². The molecule has 0 saturated carbocycles. The average molecular weight is 310 g/mol. The van der Waals surface area contributed by atoms with Gasteiger partial charge in [-0.3, -0.25) is 9.55 Å². The van der Waals surface area contributed by atoms with Crippen LogP contribution in [0, 0.1) is 4.64 Å². The van der Waals surface area contributed by atoms with Gasteiger partial charge in [0.05, 0.1) is 0 Å². The Balaban J connectivity index is 2.55. The lowest BCUT2D eigenvalue weighted by Crippen LogP contribution is -2.53. The molecule has 0 amide bonds. The van der Waals surface area contributed by atoms with Crippen LogP contribution >= 0.6 is 12.2 Å². The van der Waals surface area contributed by atoms with E-state index in [0.29, 0.717) is 4.57 Å². The lowest BCUT2D eigenvalue weighted by molar-refractivity contribution is -0.207. The highest BCUT2D eigenvalue weighted by atomic mass is 32.1. The average Bonchev–Trinajstić information content (AvgIpc) is 2.62. The molecule has 4 N–H and O–H groups in total. The van der Waals surface area contributed by atoms with E-state index in [1.165, 1.54) is 6.07 Å². The summed E-state index contributed by atoms with van der Waals surface area (Å²) in [6, 6.07) is 1.24. The molecule has 1 fully saturated rings. The maximum Gasteiger partial charge on any atom is 0.328 e. The molecular formula is C10H12F2N2O5S. The van der Waals surface area contributed by atoms with Crippen molar-refractivity contribution >= 4 is 12.2 Å². The summed E-state index contributed by atoms with van der Waals surface area (Å²) in [5, 5.41) is 28.6. The first-order valence-corrected chi connectivity index (χ1v) is 5.95. The van der Waals surface area contributed by atoms with Gasteiger partial charge in [-0.2, -0.15) is 0 Å². The van der Waals surface area contributed by atoms with Crippen LogP contribution in [0.3, 0.4) is 0 Å². The van der Waals surface area contributed by atoms with E-state index >= 15 is 0 Å². The second-order valence-corrected chi connectivity index (χ2v) is 4.90. The normalized spacial score (nSPS) is 37.2. The van der Waals surface area contributed by atoms with Crippen LogP contribution in [0.5, 0.6) is 0 Å². The molecule has 0 spiro atoms. The zero-order valence-corrected chi connectivity index (χ0v) is 10.8. The van der Waals surface area contributed by atoms with Crippen molar-refractivity contribution in [3.63, 3.8) is 0 Å². The van der Waals surface area contributed by atoms with Gasteiger partial charge < -0.3 is 20.1 Å². The van der Waals surface area contributed by atoms with E-state index in [-0.39, 0.29) is 4.64 Å². The van der Waals surface area contributed by atoms with Gasteiger partial charge in [-0.05, 0) is 6.07 Å². The Bertz CT molecular complexity index is 622. The number of ether oxygens (including phenoxy) is 1. The first-order chi connectivity index (χ1) is 9.28. The number of H-pyrrole nitrogens is 1. The quantitative estimate of drug-likeness (QED) is 0.542. The first-order valence-electron chi connectivity index (χ1n) is 5.54. The van der Waals surface area contributed by atoms with Crippen molar-refractivity contribution in [2.45, 2.75) is 23.8 Å². The van der Waals surface area contributed by atoms with Crippen LogP contribution in [0.4, 0.5) is 8.78 Å². The second-order valence-electron chi connectivity index (χ2n) is 4.46. The van der Waals surface area contributed by atoms with Gasteiger partial charge in [0.25, 0.3) is 5.85 Å². The highest BCUT2D eigenvalue weighted by molar-refractivity contribution is 7.71. The molecule has 112 valence electrons. The number of nitrogens with zero attached hydrogens (tertiary/aromatic N) is 1. The number of aromatic nitrogens is 2. The van der Waals surface area contributed by atoms with E-state index in [4.69, 9.17) is 17.3 Å². The Labute approximate surface area is 116 Å². The number of rotatable bonds is 3. The van der Waals surface area contributed by atoms with Crippen molar-refractivity contribution in [2.75, 3.05) is 13.3 Å². The van der Waals surface area contributed by atoms with Crippen molar-refractivity contribution < 1.29 is 28.8 Å². The Hall–Kier alpha value is -1.20. The molecule has 0 aromatic carbocycles. The Morgan fingerprint density at radius 2 is 2.25 bits per heavy atom. The molecule has 0 bridgehead atoms. The third kappa shape index (κ3) is 2.09. The van der Waals surface area contributed by atoms with Crippen LogP contribution < -0.4 is 5.69 Å². The first kappa shape index (κ1) is 15.2. The third-order valence-corrected chi connectivity index (χ3v) is 3.39. The van der Waals surface area contributed by atoms with Gasteiger partial charge in [0.15, 0.2) is 17.9 Å². The third-order valence-electron chi connectivity index (χ3n) is 3.15. The summed E-state index contributed by atoms with van der Waals surface area (Å²) in [7, 11) is 0. The van der Waals surface area contributed by atoms with E-state index in [1.54, 1.807) is 0 Å². The van der Waals surface area contributed by atoms with Crippen LogP contribution in [-0.4, -0.2) is 55.7 Å². The van der Waals surface area contributed by atoms with Crippen molar-refractivity contribution in [1.82, 2.24) is 9.55 Å². The monoisotopic (exact) mass is 310 g/mol. The molecular weight excluding hydrogens is 298 g/mol. The van der Waals surface area contributed by atoms with E-state index in [0.717, 1.165) is 6.20 Å². The Morgan fingerprint density at radius 3 is 2.75 bits per heavy atom. The number of halogens is 2. The molecule has 1 aromatic heterocycles. The van der Waals surface area contributed by atoms with Crippen LogP contribution in [0.2, 0.25) is 0 Å². The minimum Gasteiger partial charge on any atom is -0.390 e. The standard InChI is InChI=1S/C10H12F2N2O5S/c11-3-9(18)6(16)10(12,4-15)19-7(9)14-2-1-5(20)13-8(14)17/h1-2,6-7,15-16,18H,3-4H2,(H,13,17,20)/t6?,7-,9-,10-/m1/s1. The molecule has 7 nitrogen and oxygen atoms in total. The molecule has 10 heteroatoms. The highest BCUT2D eigenvalue weighted by Gasteiger charge is 2.65. The zero-order valence-electron chi connectivity index (χ0n) is 9.99. The van der Waals surface area contributed by atoms with Gasteiger partial charge in [-0.25, -0.2) is 13.6 Å². The number of alkyl halides is 2. The van der Waals surface area contributed by atoms with Crippen LogP contribution in [0.25, 0.3) is 0 Å². The maximum absolute atomic E-state index is 14.1.